The average molecular weight is 548 g/mol. The van der Waals surface area contributed by atoms with Gasteiger partial charge >= 0.3 is 5.97 Å². The summed E-state index contributed by atoms with van der Waals surface area (Å²) in [6.45, 7) is 1.98. The molecule has 0 amide bonds. The Bertz CT molecular complexity index is 1440. The third kappa shape index (κ3) is 4.62. The Morgan fingerprint density at radius 3 is 2.85 bits per heavy atom. The van der Waals surface area contributed by atoms with Crippen LogP contribution in [0, 0.1) is 11.2 Å². The molecule has 0 N–H and O–H groups in total. The average Bonchev–Trinajstić information content (AvgIpc) is 3.36. The fourth-order valence-corrected chi connectivity index (χ4v) is 6.09. The smallest absolute Gasteiger partial charge is 0.306 e. The number of hydrogen-bond donors (Lipinski definition) is 0. The molecule has 3 heterocycles. The Balaban J connectivity index is 1.03. The highest BCUT2D eigenvalue weighted by molar-refractivity contribution is 5.71. The Morgan fingerprint density at radius 2 is 2.05 bits per heavy atom. The summed E-state index contributed by atoms with van der Waals surface area (Å²) >= 11 is 0. The van der Waals surface area contributed by atoms with Gasteiger partial charge in [0.25, 0.3) is 0 Å². The van der Waals surface area contributed by atoms with E-state index in [9.17, 15) is 4.79 Å². The molecular formula is C31H30FNO7. The second kappa shape index (κ2) is 9.96. The number of pyridine rings is 1. The maximum atomic E-state index is 15.0. The van der Waals surface area contributed by atoms with Crippen LogP contribution >= 0.6 is 0 Å². The van der Waals surface area contributed by atoms with Crippen LogP contribution in [0.25, 0.3) is 0 Å². The number of halogens is 1. The summed E-state index contributed by atoms with van der Waals surface area (Å²) in [5.74, 6) is 2.29. The van der Waals surface area contributed by atoms with Crippen LogP contribution in [0.3, 0.4) is 0 Å². The van der Waals surface area contributed by atoms with Gasteiger partial charge in [0.1, 0.15) is 41.0 Å². The van der Waals surface area contributed by atoms with Crippen molar-refractivity contribution in [2.24, 2.45) is 5.41 Å². The molecular weight excluding hydrogens is 517 g/mol. The Kier molecular flexibility index (Phi) is 6.26. The molecule has 1 saturated heterocycles. The molecule has 1 saturated carbocycles. The predicted octanol–water partition coefficient (Wildman–Crippen LogP) is 5.68. The summed E-state index contributed by atoms with van der Waals surface area (Å²) in [5, 5.41) is 0. The molecule has 7 rings (SSSR count). The van der Waals surface area contributed by atoms with Crippen LogP contribution in [-0.2, 0) is 20.7 Å². The number of carbonyl (C=O) groups is 1. The second-order valence-corrected chi connectivity index (χ2v) is 11.0. The van der Waals surface area contributed by atoms with Gasteiger partial charge in [0.15, 0.2) is 0 Å². The first-order valence-corrected chi connectivity index (χ1v) is 13.7. The number of fused-ring (bicyclic) bond motifs is 2. The minimum absolute atomic E-state index is 0.0534. The molecule has 2 aromatic carbocycles. The van der Waals surface area contributed by atoms with Crippen LogP contribution in [-0.4, -0.2) is 44.0 Å². The molecule has 4 atom stereocenters. The summed E-state index contributed by atoms with van der Waals surface area (Å²) in [5.41, 5.74) is 2.41. The fraction of sp³-hybridized carbons (Fsp3) is 0.419. The summed E-state index contributed by atoms with van der Waals surface area (Å²) in [4.78, 5) is 16.1. The lowest BCUT2D eigenvalue weighted by Crippen LogP contribution is -2.11. The van der Waals surface area contributed by atoms with Gasteiger partial charge in [0.05, 0.1) is 32.9 Å². The number of aromatic nitrogens is 1. The number of methoxy groups -OCH3 is 1. The first-order chi connectivity index (χ1) is 19.5. The molecule has 2 unspecified atom stereocenters. The third-order valence-electron chi connectivity index (χ3n) is 8.47. The standard InChI is InChI=1S/C31H30FNO7/c1-35-29(34)12-18-16-37-26-13-19(2-4-21(18)26)38-25-7-5-22-24(8-6-23(32)30(22)25)40-28-9-3-20(15-33-28)39-27-14-31(27)10-11-36-17-31/h2-4,6,8-9,13,15,18,25,27H,5,7,10-12,14,16-17H2,1H3/t18?,25-,27?,31-/m1/s1. The molecule has 9 heteroatoms. The van der Waals surface area contributed by atoms with E-state index in [1.165, 1.54) is 13.2 Å². The number of hydrogen-bond acceptors (Lipinski definition) is 8. The van der Waals surface area contributed by atoms with Gasteiger partial charge in [-0.25, -0.2) is 9.37 Å². The van der Waals surface area contributed by atoms with E-state index in [2.05, 4.69) is 4.98 Å². The quantitative estimate of drug-likeness (QED) is 0.333. The highest BCUT2D eigenvalue weighted by atomic mass is 19.1. The van der Waals surface area contributed by atoms with Gasteiger partial charge < -0.3 is 28.4 Å². The molecule has 1 spiro atoms. The van der Waals surface area contributed by atoms with Crippen LogP contribution < -0.4 is 18.9 Å². The largest absolute Gasteiger partial charge is 0.492 e. The van der Waals surface area contributed by atoms with Crippen molar-refractivity contribution in [1.82, 2.24) is 4.98 Å². The van der Waals surface area contributed by atoms with Crippen molar-refractivity contribution in [3.8, 4) is 28.9 Å². The van der Waals surface area contributed by atoms with Crippen molar-refractivity contribution >= 4 is 5.97 Å². The van der Waals surface area contributed by atoms with Gasteiger partial charge in [0, 0.05) is 46.8 Å². The number of nitrogens with zero attached hydrogens (tertiary/aromatic N) is 1. The zero-order chi connectivity index (χ0) is 27.3. The monoisotopic (exact) mass is 547 g/mol. The minimum atomic E-state index is -0.460. The summed E-state index contributed by atoms with van der Waals surface area (Å²) in [7, 11) is 1.38. The van der Waals surface area contributed by atoms with Gasteiger partial charge in [-0.05, 0) is 49.9 Å². The van der Waals surface area contributed by atoms with Crippen molar-refractivity contribution in [2.75, 3.05) is 26.9 Å². The van der Waals surface area contributed by atoms with Crippen LogP contribution in [0.4, 0.5) is 4.39 Å². The van der Waals surface area contributed by atoms with Crippen LogP contribution in [0.5, 0.6) is 28.9 Å². The minimum Gasteiger partial charge on any atom is -0.492 e. The van der Waals surface area contributed by atoms with Crippen molar-refractivity contribution in [3.63, 3.8) is 0 Å². The fourth-order valence-electron chi connectivity index (χ4n) is 6.09. The molecule has 8 nitrogen and oxygen atoms in total. The molecule has 0 radical (unpaired) electrons. The van der Waals surface area contributed by atoms with Gasteiger partial charge in [0.2, 0.25) is 5.88 Å². The third-order valence-corrected chi connectivity index (χ3v) is 8.47. The predicted molar refractivity (Wildman–Crippen MR) is 141 cm³/mol. The van der Waals surface area contributed by atoms with Gasteiger partial charge in [-0.2, -0.15) is 0 Å². The molecule has 2 aliphatic heterocycles. The number of carbonyl (C=O) groups excluding carboxylic acids is 1. The SMILES string of the molecule is COC(=O)CC1COc2cc(O[C@@H]3CCc4c(Oc5ccc(OC6C[C@@]67CCOC7)cn5)ccc(F)c43)ccc21. The van der Waals surface area contributed by atoms with Gasteiger partial charge in [-0.1, -0.05) is 6.07 Å². The van der Waals surface area contributed by atoms with Gasteiger partial charge in [-0.3, -0.25) is 4.79 Å². The van der Waals surface area contributed by atoms with E-state index >= 15 is 4.39 Å². The lowest BCUT2D eigenvalue weighted by molar-refractivity contribution is -0.141. The zero-order valence-corrected chi connectivity index (χ0v) is 22.2. The summed E-state index contributed by atoms with van der Waals surface area (Å²) in [6.07, 6.45) is 4.94. The van der Waals surface area contributed by atoms with Gasteiger partial charge in [-0.15, -0.1) is 0 Å². The highest BCUT2D eigenvalue weighted by Crippen LogP contribution is 2.54. The second-order valence-electron chi connectivity index (χ2n) is 11.0. The summed E-state index contributed by atoms with van der Waals surface area (Å²) in [6, 6.07) is 12.2. The topological polar surface area (TPSA) is 85.3 Å². The van der Waals surface area contributed by atoms with E-state index in [0.29, 0.717) is 53.9 Å². The molecule has 1 aromatic heterocycles. The van der Waals surface area contributed by atoms with Crippen LogP contribution in [0.15, 0.2) is 48.7 Å². The number of rotatable bonds is 8. The van der Waals surface area contributed by atoms with E-state index in [1.807, 2.05) is 18.2 Å². The number of benzene rings is 2. The van der Waals surface area contributed by atoms with E-state index < -0.39 is 6.10 Å². The number of ether oxygens (including phenoxy) is 6. The van der Waals surface area contributed by atoms with E-state index in [4.69, 9.17) is 28.4 Å². The Morgan fingerprint density at radius 1 is 1.15 bits per heavy atom. The maximum Gasteiger partial charge on any atom is 0.306 e. The lowest BCUT2D eigenvalue weighted by atomic mass is 9.98. The van der Waals surface area contributed by atoms with Crippen molar-refractivity contribution in [1.29, 1.82) is 0 Å². The van der Waals surface area contributed by atoms with Crippen molar-refractivity contribution < 1.29 is 37.6 Å². The molecule has 4 aliphatic rings. The summed E-state index contributed by atoms with van der Waals surface area (Å²) < 4.78 is 49.6. The molecule has 40 heavy (non-hydrogen) atoms. The molecule has 0 bridgehead atoms. The maximum absolute atomic E-state index is 15.0. The number of esters is 1. The normalized spacial score (nSPS) is 25.7. The molecule has 2 fully saturated rings. The first-order valence-electron chi connectivity index (χ1n) is 13.7. The van der Waals surface area contributed by atoms with E-state index in [1.54, 1.807) is 24.4 Å². The van der Waals surface area contributed by atoms with E-state index in [0.717, 1.165) is 37.2 Å². The van der Waals surface area contributed by atoms with Crippen LogP contribution in [0.1, 0.15) is 54.4 Å². The Labute approximate surface area is 231 Å². The van der Waals surface area contributed by atoms with E-state index in [-0.39, 0.29) is 35.6 Å². The van der Waals surface area contributed by atoms with Crippen molar-refractivity contribution in [2.45, 2.75) is 50.2 Å². The zero-order valence-electron chi connectivity index (χ0n) is 22.2. The van der Waals surface area contributed by atoms with Crippen molar-refractivity contribution in [3.05, 3.63) is 71.2 Å². The van der Waals surface area contributed by atoms with Crippen LogP contribution in [0.2, 0.25) is 0 Å². The molecule has 3 aromatic rings. The molecule has 208 valence electrons. The first kappa shape index (κ1) is 25.1. The highest BCUT2D eigenvalue weighted by Gasteiger charge is 2.58. The lowest BCUT2D eigenvalue weighted by Gasteiger charge is -2.17. The Hall–Kier alpha value is -3.85. The molecule has 2 aliphatic carbocycles.